The van der Waals surface area contributed by atoms with Gasteiger partial charge in [0.15, 0.2) is 24.6 Å². The Morgan fingerprint density at radius 3 is 1.37 bits per heavy atom. The summed E-state index contributed by atoms with van der Waals surface area (Å²) in [5.41, 5.74) is 0. The zero-order valence-corrected chi connectivity index (χ0v) is 47.0. The van der Waals surface area contributed by atoms with Gasteiger partial charge in [0.1, 0.15) is 18.8 Å². The highest BCUT2D eigenvalue weighted by molar-refractivity contribution is 5.74. The van der Waals surface area contributed by atoms with Crippen molar-refractivity contribution in [3.8, 4) is 0 Å². The Bertz CT molecular complexity index is 1630. The summed E-state index contributed by atoms with van der Waals surface area (Å²) in [5.74, 6) is -3.25. The van der Waals surface area contributed by atoms with E-state index in [0.717, 1.165) is 96.3 Å². The summed E-state index contributed by atoms with van der Waals surface area (Å²) in [6.07, 6.45) is 52.8. The van der Waals surface area contributed by atoms with E-state index in [1.165, 1.54) is 77.0 Å². The minimum absolute atomic E-state index is 0.0652. The summed E-state index contributed by atoms with van der Waals surface area (Å²) >= 11 is 0. The highest BCUT2D eigenvalue weighted by atomic mass is 16.7. The van der Waals surface area contributed by atoms with Crippen LogP contribution in [0.1, 0.15) is 239 Å². The lowest BCUT2D eigenvalue weighted by Crippen LogP contribution is -2.61. The smallest absolute Gasteiger partial charge is 0.335 e. The third kappa shape index (κ3) is 40.8. The summed E-state index contributed by atoms with van der Waals surface area (Å²) in [6.45, 7) is 5.79. The second-order valence-electron chi connectivity index (χ2n) is 19.9. The number of ether oxygens (including phenoxy) is 5. The number of aliphatic hydroxyl groups excluding tert-OH is 2. The number of hydrogen-bond donors (Lipinski definition) is 3. The quantitative estimate of drug-likeness (QED) is 0.0228. The van der Waals surface area contributed by atoms with Crippen molar-refractivity contribution in [2.45, 2.75) is 276 Å². The van der Waals surface area contributed by atoms with Crippen molar-refractivity contribution in [2.24, 2.45) is 0 Å². The Morgan fingerprint density at radius 2 is 0.867 bits per heavy atom. The largest absolute Gasteiger partial charge is 0.479 e. The molecule has 6 unspecified atom stereocenters. The summed E-state index contributed by atoms with van der Waals surface area (Å²) in [5, 5.41) is 31.4. The maximum Gasteiger partial charge on any atom is 0.335 e. The number of rotatable bonds is 49. The van der Waals surface area contributed by atoms with Gasteiger partial charge in [-0.1, -0.05) is 202 Å². The number of aliphatic carboxylic acids is 1. The van der Waals surface area contributed by atoms with Gasteiger partial charge < -0.3 is 39.0 Å². The van der Waals surface area contributed by atoms with E-state index in [4.69, 9.17) is 23.7 Å². The Hall–Kier alpha value is -4.10. The Kier molecular flexibility index (Phi) is 46.6. The zero-order chi connectivity index (χ0) is 54.7. The van der Waals surface area contributed by atoms with Gasteiger partial charge >= 0.3 is 23.9 Å². The molecule has 0 aromatic carbocycles. The van der Waals surface area contributed by atoms with E-state index >= 15 is 0 Å². The van der Waals surface area contributed by atoms with Crippen molar-refractivity contribution in [1.82, 2.24) is 0 Å². The van der Waals surface area contributed by atoms with Crippen LogP contribution in [0.25, 0.3) is 0 Å². The van der Waals surface area contributed by atoms with Gasteiger partial charge in [-0.2, -0.15) is 0 Å². The van der Waals surface area contributed by atoms with E-state index < -0.39 is 67.3 Å². The van der Waals surface area contributed by atoms with Crippen LogP contribution in [-0.4, -0.2) is 89.2 Å². The fourth-order valence-corrected chi connectivity index (χ4v) is 8.41. The van der Waals surface area contributed by atoms with Crippen LogP contribution in [0.4, 0.5) is 0 Å². The van der Waals surface area contributed by atoms with E-state index in [9.17, 15) is 34.5 Å². The Balaban J connectivity index is 2.74. The monoisotopic (exact) mass is 1050 g/mol. The molecule has 0 aromatic rings. The van der Waals surface area contributed by atoms with Crippen LogP contribution in [0.15, 0.2) is 85.1 Å². The van der Waals surface area contributed by atoms with Gasteiger partial charge in [0.25, 0.3) is 0 Å². The first-order chi connectivity index (χ1) is 36.6. The molecule has 6 atom stereocenters. The first-order valence-corrected chi connectivity index (χ1v) is 29.6. The molecular weight excluding hydrogens is 949 g/mol. The van der Waals surface area contributed by atoms with Crippen molar-refractivity contribution in [3.05, 3.63) is 85.1 Å². The Morgan fingerprint density at radius 1 is 0.453 bits per heavy atom. The van der Waals surface area contributed by atoms with Gasteiger partial charge in [0.2, 0.25) is 0 Å². The highest BCUT2D eigenvalue weighted by Crippen LogP contribution is 2.26. The maximum absolute atomic E-state index is 13.1. The third-order valence-corrected chi connectivity index (χ3v) is 12.9. The molecule has 75 heavy (non-hydrogen) atoms. The lowest BCUT2D eigenvalue weighted by atomic mass is 9.98. The number of allylic oxidation sites excluding steroid dienone is 14. The average Bonchev–Trinajstić information content (AvgIpc) is 3.39. The van der Waals surface area contributed by atoms with Gasteiger partial charge in [-0.15, -0.1) is 0 Å². The van der Waals surface area contributed by atoms with Gasteiger partial charge in [-0.25, -0.2) is 4.79 Å². The summed E-state index contributed by atoms with van der Waals surface area (Å²) in [4.78, 5) is 51.1. The van der Waals surface area contributed by atoms with E-state index in [2.05, 4.69) is 87.6 Å². The van der Waals surface area contributed by atoms with Crippen LogP contribution in [0.5, 0.6) is 0 Å². The molecule has 1 heterocycles. The molecule has 1 aliphatic rings. The number of esters is 3. The molecule has 1 saturated heterocycles. The standard InChI is InChI=1S/C63H104O12/c1-4-7-10-13-16-19-22-25-27-28-30-32-34-37-40-43-46-49-55(64)71-52-54(73-56(65)50-47-44-41-38-36-33-29-26-23-20-17-14-11-8-5-2)53-72-63-61(59(68)58(67)60(75-63)62(69)70)74-57(66)51-48-45-42-39-35-31-24-21-18-15-12-9-6-3/h9,12,17-18,20-21,25-27,29,31,35,42,45,54,58-61,63,67-68H,4-8,10-11,13-16,19,22-24,28,30,32-34,36-41,43-44,46-53H2,1-3H3,(H,69,70)/b12-9-,20-17-,21-18-,27-25-,29-26-,35-31-,45-42-. The Labute approximate surface area is 454 Å². The fraction of sp³-hybridized carbons (Fsp3) is 0.714. The second kappa shape index (κ2) is 50.7. The molecule has 428 valence electrons. The van der Waals surface area contributed by atoms with Crippen molar-refractivity contribution >= 4 is 23.9 Å². The minimum Gasteiger partial charge on any atom is -0.479 e. The number of hydrogen-bond acceptors (Lipinski definition) is 11. The molecule has 0 saturated carbocycles. The molecule has 0 bridgehead atoms. The van der Waals surface area contributed by atoms with Gasteiger partial charge in [-0.3, -0.25) is 14.4 Å². The summed E-state index contributed by atoms with van der Waals surface area (Å²) in [7, 11) is 0. The zero-order valence-electron chi connectivity index (χ0n) is 47.0. The first-order valence-electron chi connectivity index (χ1n) is 29.6. The molecule has 0 aliphatic carbocycles. The lowest BCUT2D eigenvalue weighted by Gasteiger charge is -2.40. The predicted molar refractivity (Wildman–Crippen MR) is 303 cm³/mol. The highest BCUT2D eigenvalue weighted by Gasteiger charge is 2.50. The molecule has 0 radical (unpaired) electrons. The van der Waals surface area contributed by atoms with Crippen LogP contribution in [-0.2, 0) is 42.9 Å². The average molecular weight is 1050 g/mol. The van der Waals surface area contributed by atoms with Crippen molar-refractivity contribution in [2.75, 3.05) is 13.2 Å². The molecule has 1 fully saturated rings. The molecule has 0 aromatic heterocycles. The van der Waals surface area contributed by atoms with Crippen LogP contribution in [0, 0.1) is 0 Å². The number of carboxylic acids is 1. The third-order valence-electron chi connectivity index (χ3n) is 12.9. The molecule has 12 heteroatoms. The van der Waals surface area contributed by atoms with Gasteiger partial charge in [0, 0.05) is 19.3 Å². The molecule has 1 aliphatic heterocycles. The number of carbonyl (C=O) groups is 4. The van der Waals surface area contributed by atoms with Crippen LogP contribution in [0.2, 0.25) is 0 Å². The molecule has 3 N–H and O–H groups in total. The number of aliphatic hydroxyl groups is 2. The van der Waals surface area contributed by atoms with Crippen molar-refractivity contribution in [3.63, 3.8) is 0 Å². The molecule has 12 nitrogen and oxygen atoms in total. The normalized spacial score (nSPS) is 18.8. The topological polar surface area (TPSA) is 175 Å². The van der Waals surface area contributed by atoms with Crippen molar-refractivity contribution < 1.29 is 58.2 Å². The first kappa shape index (κ1) is 68.9. The number of carboxylic acid groups (broad SMARTS) is 1. The van der Waals surface area contributed by atoms with E-state index in [0.29, 0.717) is 25.7 Å². The van der Waals surface area contributed by atoms with Crippen LogP contribution < -0.4 is 0 Å². The van der Waals surface area contributed by atoms with Crippen molar-refractivity contribution in [1.29, 1.82) is 0 Å². The molecule has 0 spiro atoms. The van der Waals surface area contributed by atoms with Crippen LogP contribution >= 0.6 is 0 Å². The molecular formula is C63H104O12. The predicted octanol–water partition coefficient (Wildman–Crippen LogP) is 15.1. The van der Waals surface area contributed by atoms with Gasteiger partial charge in [-0.05, 0) is 103 Å². The minimum atomic E-state index is -1.93. The maximum atomic E-state index is 13.1. The fourth-order valence-electron chi connectivity index (χ4n) is 8.41. The number of carbonyl (C=O) groups excluding carboxylic acids is 3. The molecule has 1 rings (SSSR count). The lowest BCUT2D eigenvalue weighted by molar-refractivity contribution is -0.301. The van der Waals surface area contributed by atoms with Crippen LogP contribution in [0.3, 0.4) is 0 Å². The van der Waals surface area contributed by atoms with E-state index in [-0.39, 0.29) is 25.9 Å². The summed E-state index contributed by atoms with van der Waals surface area (Å²) in [6, 6.07) is 0. The van der Waals surface area contributed by atoms with E-state index in [1.54, 1.807) is 0 Å². The SMILES string of the molecule is CC/C=C\C/C=C\C/C=C\C/C=C\CCC(=O)OC1C(OCC(COC(=O)CCCCCCCCC/C=C\CCCCCCCC)OC(=O)CCCCCCC/C=C\C/C=C\CCCCC)OC(C(=O)O)C(O)C1O. The number of unbranched alkanes of at least 4 members (excludes halogenated alkanes) is 21. The van der Waals surface area contributed by atoms with Gasteiger partial charge in [0.05, 0.1) is 6.61 Å². The molecule has 0 amide bonds. The summed E-state index contributed by atoms with van der Waals surface area (Å²) < 4.78 is 28.3. The second-order valence-corrected chi connectivity index (χ2v) is 19.9. The van der Waals surface area contributed by atoms with E-state index in [1.807, 2.05) is 18.2 Å².